The quantitative estimate of drug-likeness (QED) is 0.523. The van der Waals surface area contributed by atoms with Crippen LogP contribution in [0, 0.1) is 0 Å². The van der Waals surface area contributed by atoms with E-state index in [0.717, 1.165) is 30.4 Å². The summed E-state index contributed by atoms with van der Waals surface area (Å²) in [7, 11) is 0. The lowest BCUT2D eigenvalue weighted by atomic mass is 9.77. The lowest BCUT2D eigenvalue weighted by Gasteiger charge is -2.44. The molecule has 0 radical (unpaired) electrons. The third-order valence-electron chi connectivity index (χ3n) is 4.24. The molecule has 1 atom stereocenters. The predicted molar refractivity (Wildman–Crippen MR) is 93.4 cm³/mol. The highest BCUT2D eigenvalue weighted by atomic mass is 16.6. The molecule has 1 aliphatic rings. The van der Waals surface area contributed by atoms with Crippen molar-refractivity contribution in [1.29, 1.82) is 0 Å². The van der Waals surface area contributed by atoms with Crippen molar-refractivity contribution < 1.29 is 19.4 Å². The maximum atomic E-state index is 11.4. The summed E-state index contributed by atoms with van der Waals surface area (Å²) in [5.41, 5.74) is 1.41. The molecule has 0 bridgehead atoms. The Labute approximate surface area is 143 Å². The van der Waals surface area contributed by atoms with E-state index in [2.05, 4.69) is 6.92 Å². The van der Waals surface area contributed by atoms with Crippen LogP contribution in [0.2, 0.25) is 0 Å². The fraction of sp³-hybridized carbons (Fsp3) is 0.450. The number of carbonyl (C=O) groups excluding carboxylic acids is 1. The van der Waals surface area contributed by atoms with E-state index in [1.807, 2.05) is 30.3 Å². The van der Waals surface area contributed by atoms with Crippen molar-refractivity contribution in [2.75, 3.05) is 6.61 Å². The first-order chi connectivity index (χ1) is 11.6. The van der Waals surface area contributed by atoms with Gasteiger partial charge in [0, 0.05) is 11.6 Å². The lowest BCUT2D eigenvalue weighted by Crippen LogP contribution is -2.41. The summed E-state index contributed by atoms with van der Waals surface area (Å²) >= 11 is 0. The number of benzene rings is 1. The van der Waals surface area contributed by atoms with Gasteiger partial charge in [0.15, 0.2) is 5.60 Å². The minimum Gasteiger partial charge on any atom is -0.481 e. The summed E-state index contributed by atoms with van der Waals surface area (Å²) < 4.78 is 10.6. The molecule has 0 saturated heterocycles. The molecule has 130 valence electrons. The van der Waals surface area contributed by atoms with Crippen molar-refractivity contribution >= 4 is 5.97 Å². The molecular weight excluding hydrogens is 304 g/mol. The number of rotatable bonds is 9. The van der Waals surface area contributed by atoms with Gasteiger partial charge in [-0.1, -0.05) is 49.8 Å². The fourth-order valence-electron chi connectivity index (χ4n) is 3.02. The second-order valence-corrected chi connectivity index (χ2v) is 5.88. The number of carbonyl (C=O) groups is 1. The molecule has 1 unspecified atom stereocenters. The zero-order valence-corrected chi connectivity index (χ0v) is 14.5. The first-order valence-corrected chi connectivity index (χ1v) is 8.64. The molecule has 2 rings (SSSR count). The second-order valence-electron chi connectivity index (χ2n) is 5.88. The molecule has 1 aliphatic heterocycles. The zero-order chi connectivity index (χ0) is 17.4. The third kappa shape index (κ3) is 3.99. The van der Waals surface area contributed by atoms with Crippen LogP contribution < -0.4 is 0 Å². The van der Waals surface area contributed by atoms with Crippen LogP contribution in [0.3, 0.4) is 0 Å². The molecular formula is C20H26O4. The van der Waals surface area contributed by atoms with E-state index in [-0.39, 0.29) is 11.9 Å². The molecule has 0 amide bonds. The number of hydrogen-bond donors (Lipinski definition) is 1. The highest BCUT2D eigenvalue weighted by molar-refractivity contribution is 5.81. The van der Waals surface area contributed by atoms with Gasteiger partial charge in [0.05, 0.1) is 12.2 Å². The van der Waals surface area contributed by atoms with Crippen molar-refractivity contribution in [2.45, 2.75) is 51.6 Å². The third-order valence-corrected chi connectivity index (χ3v) is 4.24. The van der Waals surface area contributed by atoms with E-state index in [4.69, 9.17) is 9.47 Å². The topological polar surface area (TPSA) is 55.8 Å². The summed E-state index contributed by atoms with van der Waals surface area (Å²) in [6.45, 7) is 4.29. The van der Waals surface area contributed by atoms with Crippen LogP contribution in [0.25, 0.3) is 0 Å². The summed E-state index contributed by atoms with van der Waals surface area (Å²) in [4.78, 5) is 11.4. The highest BCUT2D eigenvalue weighted by Gasteiger charge is 2.48. The molecule has 0 fully saturated rings. The number of aliphatic hydroxyl groups is 1. The average Bonchev–Trinajstić information content (AvgIpc) is 2.58. The molecule has 0 saturated carbocycles. The van der Waals surface area contributed by atoms with Gasteiger partial charge >= 0.3 is 5.97 Å². The van der Waals surface area contributed by atoms with E-state index in [1.54, 1.807) is 13.0 Å². The minimum atomic E-state index is -0.584. The number of ether oxygens (including phenoxy) is 2. The maximum absolute atomic E-state index is 11.4. The van der Waals surface area contributed by atoms with Crippen molar-refractivity contribution in [2.24, 2.45) is 0 Å². The van der Waals surface area contributed by atoms with Crippen LogP contribution in [0.4, 0.5) is 0 Å². The Morgan fingerprint density at radius 3 is 2.67 bits per heavy atom. The molecule has 0 aromatic heterocycles. The molecule has 24 heavy (non-hydrogen) atoms. The Bertz CT molecular complexity index is 603. The van der Waals surface area contributed by atoms with Gasteiger partial charge < -0.3 is 14.6 Å². The molecule has 1 heterocycles. The monoisotopic (exact) mass is 330 g/mol. The van der Waals surface area contributed by atoms with Crippen LogP contribution in [0.15, 0.2) is 54.0 Å². The van der Waals surface area contributed by atoms with Crippen LogP contribution in [0.5, 0.6) is 0 Å². The van der Waals surface area contributed by atoms with Crippen molar-refractivity contribution in [1.82, 2.24) is 0 Å². The van der Waals surface area contributed by atoms with Crippen molar-refractivity contribution in [3.8, 4) is 0 Å². The van der Waals surface area contributed by atoms with Gasteiger partial charge in [-0.15, -0.1) is 0 Å². The summed E-state index contributed by atoms with van der Waals surface area (Å²) in [5.74, 6) is -0.271. The Balaban J connectivity index is 2.13. The molecule has 0 spiro atoms. The largest absolute Gasteiger partial charge is 0.481 e. The van der Waals surface area contributed by atoms with E-state index in [9.17, 15) is 9.90 Å². The van der Waals surface area contributed by atoms with Crippen LogP contribution >= 0.6 is 0 Å². The van der Waals surface area contributed by atoms with Gasteiger partial charge in [0.2, 0.25) is 0 Å². The van der Waals surface area contributed by atoms with E-state index in [0.29, 0.717) is 19.4 Å². The first-order valence-electron chi connectivity index (χ1n) is 8.64. The predicted octanol–water partition coefficient (Wildman–Crippen LogP) is 4.77. The molecule has 4 nitrogen and oxygen atoms in total. The number of unbranched alkanes of at least 4 members (excludes halogenated alkanes) is 1. The zero-order valence-electron chi connectivity index (χ0n) is 14.5. The van der Waals surface area contributed by atoms with Crippen molar-refractivity contribution in [3.63, 3.8) is 0 Å². The van der Waals surface area contributed by atoms with E-state index < -0.39 is 5.60 Å². The molecule has 4 heteroatoms. The normalized spacial score (nSPS) is 19.9. The van der Waals surface area contributed by atoms with E-state index >= 15 is 0 Å². The lowest BCUT2D eigenvalue weighted by molar-refractivity contribution is -0.137. The van der Waals surface area contributed by atoms with Gasteiger partial charge in [0.1, 0.15) is 0 Å². The second kappa shape index (κ2) is 8.57. The number of allylic oxidation sites excluding steroid dienone is 1. The standard InChI is InChI=1S/C20H26O4/c1-3-5-13-17-19(22)24-20(17,16-11-7-6-8-12-16)15-10-9-14-18(21)23-4-2/h6-9,11-12,14,22H,3-5,10,13,15H2,1-2H3/b14-9+. The average molecular weight is 330 g/mol. The van der Waals surface area contributed by atoms with Gasteiger partial charge in [0.25, 0.3) is 5.95 Å². The summed E-state index contributed by atoms with van der Waals surface area (Å²) in [6, 6.07) is 9.95. The smallest absolute Gasteiger partial charge is 0.330 e. The summed E-state index contributed by atoms with van der Waals surface area (Å²) in [5, 5.41) is 10.0. The summed E-state index contributed by atoms with van der Waals surface area (Å²) in [6.07, 6.45) is 7.49. The van der Waals surface area contributed by atoms with Gasteiger partial charge in [-0.2, -0.15) is 0 Å². The minimum absolute atomic E-state index is 0.0571. The molecule has 1 N–H and O–H groups in total. The molecule has 1 aromatic rings. The van der Waals surface area contributed by atoms with Crippen molar-refractivity contribution in [3.05, 3.63) is 59.6 Å². The fourth-order valence-corrected chi connectivity index (χ4v) is 3.02. The Hall–Kier alpha value is -2.23. The Kier molecular flexibility index (Phi) is 6.47. The Morgan fingerprint density at radius 2 is 2.04 bits per heavy atom. The number of aliphatic hydroxyl groups excluding tert-OH is 1. The SMILES string of the molecule is CCCCC1=C(O)OC1(CC/C=C/C(=O)OCC)c1ccccc1. The van der Waals surface area contributed by atoms with E-state index in [1.165, 1.54) is 6.08 Å². The van der Waals surface area contributed by atoms with Crippen LogP contribution in [-0.2, 0) is 19.9 Å². The van der Waals surface area contributed by atoms with Crippen LogP contribution in [-0.4, -0.2) is 17.7 Å². The van der Waals surface area contributed by atoms with Gasteiger partial charge in [-0.25, -0.2) is 4.79 Å². The first kappa shape index (κ1) is 18.1. The van der Waals surface area contributed by atoms with Crippen LogP contribution in [0.1, 0.15) is 51.5 Å². The highest BCUT2D eigenvalue weighted by Crippen LogP contribution is 2.50. The molecule has 1 aromatic carbocycles. The number of esters is 1. The maximum Gasteiger partial charge on any atom is 0.330 e. The molecule has 0 aliphatic carbocycles. The number of hydrogen-bond acceptors (Lipinski definition) is 4. The van der Waals surface area contributed by atoms with Gasteiger partial charge in [-0.05, 0) is 32.6 Å². The van der Waals surface area contributed by atoms with Gasteiger partial charge in [-0.3, -0.25) is 0 Å². The Morgan fingerprint density at radius 1 is 1.29 bits per heavy atom.